The van der Waals surface area contributed by atoms with Crippen LogP contribution in [0, 0.1) is 0 Å². The Hall–Kier alpha value is -2.83. The fraction of sp³-hybridized carbons (Fsp3) is 0.261. The van der Waals surface area contributed by atoms with Gasteiger partial charge in [-0.25, -0.2) is 0 Å². The standard InChI is InChI=1S/C23H23NO4S/c25-13-12-24(11-10-17-4-2-1-3-5-17)23(26)22-9-8-21(29-22)18-6-7-19-20(16-18)28-15-14-27-19/h1-9,16,25H,10-15H2. The zero-order valence-corrected chi connectivity index (χ0v) is 16.9. The highest BCUT2D eigenvalue weighted by molar-refractivity contribution is 7.17. The molecular formula is C23H23NO4S. The van der Waals surface area contributed by atoms with Gasteiger partial charge in [0.05, 0.1) is 11.5 Å². The first-order valence-electron chi connectivity index (χ1n) is 9.68. The molecular weight excluding hydrogens is 386 g/mol. The van der Waals surface area contributed by atoms with Crippen LogP contribution in [-0.4, -0.2) is 48.8 Å². The fourth-order valence-electron chi connectivity index (χ4n) is 3.30. The number of rotatable bonds is 7. The van der Waals surface area contributed by atoms with Crippen molar-refractivity contribution in [2.75, 3.05) is 32.9 Å². The van der Waals surface area contributed by atoms with E-state index in [4.69, 9.17) is 9.47 Å². The molecule has 6 heteroatoms. The third-order valence-corrected chi connectivity index (χ3v) is 5.94. The molecule has 1 amide bonds. The second kappa shape index (κ2) is 9.11. The van der Waals surface area contributed by atoms with Crippen molar-refractivity contribution < 1.29 is 19.4 Å². The maximum atomic E-state index is 13.0. The Morgan fingerprint density at radius 1 is 0.966 bits per heavy atom. The Bertz CT molecular complexity index is 970. The molecule has 29 heavy (non-hydrogen) atoms. The molecule has 0 aliphatic carbocycles. The lowest BCUT2D eigenvalue weighted by atomic mass is 10.1. The van der Waals surface area contributed by atoms with Gasteiger partial charge in [-0.15, -0.1) is 11.3 Å². The maximum absolute atomic E-state index is 13.0. The molecule has 0 fully saturated rings. The molecule has 2 heterocycles. The fourth-order valence-corrected chi connectivity index (χ4v) is 4.28. The van der Waals surface area contributed by atoms with E-state index in [1.54, 1.807) is 4.90 Å². The van der Waals surface area contributed by atoms with Crippen molar-refractivity contribution in [3.8, 4) is 21.9 Å². The first-order chi connectivity index (χ1) is 14.2. The van der Waals surface area contributed by atoms with Gasteiger partial charge in [-0.05, 0) is 47.9 Å². The SMILES string of the molecule is O=C(c1ccc(-c2ccc3c(c2)OCCO3)s1)N(CCO)CCc1ccccc1. The van der Waals surface area contributed by atoms with Crippen molar-refractivity contribution in [1.29, 1.82) is 0 Å². The van der Waals surface area contributed by atoms with E-state index in [9.17, 15) is 9.90 Å². The van der Waals surface area contributed by atoms with Crippen molar-refractivity contribution in [3.05, 3.63) is 71.1 Å². The molecule has 0 saturated carbocycles. The number of amides is 1. The highest BCUT2D eigenvalue weighted by Gasteiger charge is 2.19. The van der Waals surface area contributed by atoms with Crippen LogP contribution in [-0.2, 0) is 6.42 Å². The summed E-state index contributed by atoms with van der Waals surface area (Å²) in [4.78, 5) is 16.4. The number of fused-ring (bicyclic) bond motifs is 1. The van der Waals surface area contributed by atoms with Gasteiger partial charge in [0.15, 0.2) is 11.5 Å². The van der Waals surface area contributed by atoms with Gasteiger partial charge in [-0.1, -0.05) is 30.3 Å². The number of carbonyl (C=O) groups excluding carboxylic acids is 1. The molecule has 1 aliphatic rings. The summed E-state index contributed by atoms with van der Waals surface area (Å²) in [6.07, 6.45) is 0.757. The van der Waals surface area contributed by atoms with Gasteiger partial charge in [0, 0.05) is 18.0 Å². The van der Waals surface area contributed by atoms with Gasteiger partial charge in [0.2, 0.25) is 0 Å². The summed E-state index contributed by atoms with van der Waals surface area (Å²) in [5, 5.41) is 9.41. The average molecular weight is 410 g/mol. The monoisotopic (exact) mass is 409 g/mol. The molecule has 1 N–H and O–H groups in total. The van der Waals surface area contributed by atoms with Crippen molar-refractivity contribution in [1.82, 2.24) is 4.90 Å². The van der Waals surface area contributed by atoms with E-state index in [-0.39, 0.29) is 12.5 Å². The highest BCUT2D eigenvalue weighted by Crippen LogP contribution is 2.37. The van der Waals surface area contributed by atoms with Gasteiger partial charge >= 0.3 is 0 Å². The first-order valence-corrected chi connectivity index (χ1v) is 10.5. The largest absolute Gasteiger partial charge is 0.486 e. The molecule has 1 aliphatic heterocycles. The Balaban J connectivity index is 1.48. The number of nitrogens with zero attached hydrogens (tertiary/aromatic N) is 1. The number of aliphatic hydroxyl groups excluding tert-OH is 1. The van der Waals surface area contributed by atoms with Crippen LogP contribution in [0.4, 0.5) is 0 Å². The minimum Gasteiger partial charge on any atom is -0.486 e. The molecule has 0 unspecified atom stereocenters. The molecule has 2 aromatic carbocycles. The van der Waals surface area contributed by atoms with Gasteiger partial charge in [-0.3, -0.25) is 4.79 Å². The number of hydrogen-bond acceptors (Lipinski definition) is 5. The molecule has 3 aromatic rings. The van der Waals surface area contributed by atoms with Crippen LogP contribution < -0.4 is 9.47 Å². The third-order valence-electron chi connectivity index (χ3n) is 4.81. The summed E-state index contributed by atoms with van der Waals surface area (Å²) in [6, 6.07) is 19.7. The Morgan fingerprint density at radius 3 is 2.55 bits per heavy atom. The van der Waals surface area contributed by atoms with Crippen molar-refractivity contribution in [2.45, 2.75) is 6.42 Å². The van der Waals surface area contributed by atoms with Gasteiger partial charge in [0.1, 0.15) is 13.2 Å². The summed E-state index contributed by atoms with van der Waals surface area (Å²) in [7, 11) is 0. The molecule has 0 saturated heterocycles. The first kappa shape index (κ1) is 19.5. The van der Waals surface area contributed by atoms with Gasteiger partial charge in [-0.2, -0.15) is 0 Å². The van der Waals surface area contributed by atoms with E-state index < -0.39 is 0 Å². The van der Waals surface area contributed by atoms with Gasteiger partial charge < -0.3 is 19.5 Å². The van der Waals surface area contributed by atoms with E-state index in [0.717, 1.165) is 28.4 Å². The minimum absolute atomic E-state index is 0.0521. The second-order valence-corrected chi connectivity index (χ2v) is 7.86. The summed E-state index contributed by atoms with van der Waals surface area (Å²) in [6.45, 7) is 1.94. The molecule has 5 nitrogen and oxygen atoms in total. The number of carbonyl (C=O) groups is 1. The number of thiophene rings is 1. The van der Waals surface area contributed by atoms with E-state index >= 15 is 0 Å². The minimum atomic E-state index is -0.0546. The van der Waals surface area contributed by atoms with E-state index in [0.29, 0.717) is 31.2 Å². The number of benzene rings is 2. The Kier molecular flexibility index (Phi) is 6.12. The maximum Gasteiger partial charge on any atom is 0.264 e. The van der Waals surface area contributed by atoms with Crippen molar-refractivity contribution in [2.24, 2.45) is 0 Å². The van der Waals surface area contributed by atoms with E-state index in [1.165, 1.54) is 16.9 Å². The van der Waals surface area contributed by atoms with Crippen LogP contribution in [0.25, 0.3) is 10.4 Å². The van der Waals surface area contributed by atoms with Crippen LogP contribution in [0.2, 0.25) is 0 Å². The van der Waals surface area contributed by atoms with Gasteiger partial charge in [0.25, 0.3) is 5.91 Å². The summed E-state index contributed by atoms with van der Waals surface area (Å²) in [5.74, 6) is 1.44. The van der Waals surface area contributed by atoms with Crippen LogP contribution in [0.5, 0.6) is 11.5 Å². The smallest absolute Gasteiger partial charge is 0.264 e. The molecule has 1 aromatic heterocycles. The zero-order valence-electron chi connectivity index (χ0n) is 16.0. The normalized spacial score (nSPS) is 12.6. The Morgan fingerprint density at radius 2 is 1.76 bits per heavy atom. The molecule has 150 valence electrons. The lowest BCUT2D eigenvalue weighted by Gasteiger charge is -2.21. The molecule has 0 radical (unpaired) electrons. The number of aliphatic hydroxyl groups is 1. The second-order valence-electron chi connectivity index (χ2n) is 6.77. The number of hydrogen-bond donors (Lipinski definition) is 1. The molecule has 4 rings (SSSR count). The number of ether oxygens (including phenoxy) is 2. The quantitative estimate of drug-likeness (QED) is 0.644. The predicted molar refractivity (Wildman–Crippen MR) is 114 cm³/mol. The van der Waals surface area contributed by atoms with Crippen molar-refractivity contribution in [3.63, 3.8) is 0 Å². The lowest BCUT2D eigenvalue weighted by molar-refractivity contribution is 0.0729. The molecule has 0 spiro atoms. The highest BCUT2D eigenvalue weighted by atomic mass is 32.1. The summed E-state index contributed by atoms with van der Waals surface area (Å²) >= 11 is 1.45. The molecule has 0 bridgehead atoms. The van der Waals surface area contributed by atoms with Crippen LogP contribution in [0.15, 0.2) is 60.7 Å². The average Bonchev–Trinajstić information content (AvgIpc) is 3.27. The zero-order chi connectivity index (χ0) is 20.1. The van der Waals surface area contributed by atoms with Crippen LogP contribution >= 0.6 is 11.3 Å². The van der Waals surface area contributed by atoms with Crippen LogP contribution in [0.3, 0.4) is 0 Å². The third kappa shape index (κ3) is 4.60. The van der Waals surface area contributed by atoms with Crippen LogP contribution in [0.1, 0.15) is 15.2 Å². The molecule has 0 atom stereocenters. The van der Waals surface area contributed by atoms with E-state index in [2.05, 4.69) is 0 Å². The predicted octanol–water partition coefficient (Wildman–Crippen LogP) is 3.86. The lowest BCUT2D eigenvalue weighted by Crippen LogP contribution is -2.34. The summed E-state index contributed by atoms with van der Waals surface area (Å²) < 4.78 is 11.2. The summed E-state index contributed by atoms with van der Waals surface area (Å²) in [5.41, 5.74) is 2.17. The van der Waals surface area contributed by atoms with Crippen molar-refractivity contribution >= 4 is 17.2 Å². The topological polar surface area (TPSA) is 59.0 Å². The Labute approximate surface area is 174 Å². The van der Waals surface area contributed by atoms with E-state index in [1.807, 2.05) is 60.7 Å².